The van der Waals surface area contributed by atoms with E-state index >= 15 is 0 Å². The molecule has 0 spiro atoms. The van der Waals surface area contributed by atoms with Gasteiger partial charge in [0.05, 0.1) is 32.0 Å². The van der Waals surface area contributed by atoms with Crippen LogP contribution in [0.15, 0.2) is 24.7 Å². The molecular weight excluding hydrogens is 507 g/mol. The lowest BCUT2D eigenvalue weighted by Crippen LogP contribution is -2.47. The molecule has 4 heterocycles. The second-order valence-electron chi connectivity index (χ2n) is 9.47. The number of aromatic nitrogens is 4. The Labute approximate surface area is 215 Å². The Balaban J connectivity index is 1.38. The van der Waals surface area contributed by atoms with Gasteiger partial charge in [-0.15, -0.1) is 0 Å². The van der Waals surface area contributed by atoms with Crippen LogP contribution in [0.4, 0.5) is 19.0 Å². The molecule has 0 bridgehead atoms. The Morgan fingerprint density at radius 1 is 1.21 bits per heavy atom. The van der Waals surface area contributed by atoms with Crippen LogP contribution < -0.4 is 15.8 Å². The molecule has 5 rings (SSSR count). The number of carbonyl (C=O) groups is 2. The molecular formula is C24H26F3N7O4. The normalized spacial score (nSPS) is 20.9. The Hall–Kier alpha value is -3.94. The second kappa shape index (κ2) is 9.74. The third-order valence-corrected chi connectivity index (χ3v) is 6.86. The molecule has 2 amide bonds. The minimum Gasteiger partial charge on any atom is -0.480 e. The number of likely N-dealkylation sites (tertiary alicyclic amines) is 1. The minimum absolute atomic E-state index is 0.0106. The Bertz CT molecular complexity index is 1390. The van der Waals surface area contributed by atoms with E-state index in [0.29, 0.717) is 16.8 Å². The standard InChI is InChI=1S/C24H26F3N7O4/c1-37-10-13-4-18(34-19(13)20(28)30-11-31-34)12-3-15(22(38-2)29-7-12)21(35)32-17-9-33(8-16(17)25)23(36)14-5-24(26,27)6-14/h3-4,7,11,14,16-17H,5-6,8-10H2,1-2H3,(H,32,35)(H2,28,30,31)/t16-,17+/m0/s1. The fraction of sp³-hybridized carbons (Fsp3) is 0.458. The molecule has 0 radical (unpaired) electrons. The maximum Gasteiger partial charge on any atom is 0.257 e. The summed E-state index contributed by atoms with van der Waals surface area (Å²) in [5.41, 5.74) is 8.42. The summed E-state index contributed by atoms with van der Waals surface area (Å²) in [7, 11) is 2.89. The zero-order chi connectivity index (χ0) is 27.2. The van der Waals surface area contributed by atoms with Crippen LogP contribution in [-0.4, -0.2) is 81.7 Å². The summed E-state index contributed by atoms with van der Waals surface area (Å²) < 4.78 is 53.2. The first-order valence-corrected chi connectivity index (χ1v) is 11.9. The molecule has 1 aliphatic heterocycles. The number of fused-ring (bicyclic) bond motifs is 1. The highest BCUT2D eigenvalue weighted by atomic mass is 19.3. The van der Waals surface area contributed by atoms with Crippen LogP contribution in [0.25, 0.3) is 16.8 Å². The summed E-state index contributed by atoms with van der Waals surface area (Å²) >= 11 is 0. The van der Waals surface area contributed by atoms with Gasteiger partial charge in [-0.1, -0.05) is 0 Å². The lowest BCUT2D eigenvalue weighted by molar-refractivity contribution is -0.159. The molecule has 3 N–H and O–H groups in total. The van der Waals surface area contributed by atoms with Crippen LogP contribution in [0, 0.1) is 5.92 Å². The Kier molecular flexibility index (Phi) is 6.59. The molecule has 0 aromatic carbocycles. The molecule has 38 heavy (non-hydrogen) atoms. The van der Waals surface area contributed by atoms with Crippen LogP contribution in [0.5, 0.6) is 5.88 Å². The van der Waals surface area contributed by atoms with Crippen molar-refractivity contribution in [3.63, 3.8) is 0 Å². The first-order valence-electron chi connectivity index (χ1n) is 11.9. The van der Waals surface area contributed by atoms with Gasteiger partial charge in [0.15, 0.2) is 5.82 Å². The molecule has 1 saturated carbocycles. The Morgan fingerprint density at radius 2 is 1.97 bits per heavy atom. The molecule has 202 valence electrons. The number of pyridine rings is 1. The molecule has 2 aliphatic rings. The van der Waals surface area contributed by atoms with Gasteiger partial charge in [-0.25, -0.2) is 27.7 Å². The number of hydrogen-bond acceptors (Lipinski definition) is 8. The lowest BCUT2D eigenvalue weighted by Gasteiger charge is -2.36. The maximum absolute atomic E-state index is 14.8. The van der Waals surface area contributed by atoms with Crippen molar-refractivity contribution in [3.05, 3.63) is 35.8 Å². The highest BCUT2D eigenvalue weighted by Gasteiger charge is 2.51. The van der Waals surface area contributed by atoms with E-state index in [9.17, 15) is 22.8 Å². The summed E-state index contributed by atoms with van der Waals surface area (Å²) in [6, 6.07) is 2.30. The number of anilines is 1. The van der Waals surface area contributed by atoms with Crippen LogP contribution in [0.3, 0.4) is 0 Å². The number of rotatable bonds is 7. The average molecular weight is 534 g/mol. The van der Waals surface area contributed by atoms with Gasteiger partial charge in [-0.3, -0.25) is 9.59 Å². The number of nitrogen functional groups attached to an aromatic ring is 1. The van der Waals surface area contributed by atoms with Gasteiger partial charge >= 0.3 is 0 Å². The molecule has 2 fully saturated rings. The van der Waals surface area contributed by atoms with Gasteiger partial charge in [-0.2, -0.15) is 5.10 Å². The number of methoxy groups -OCH3 is 2. The first kappa shape index (κ1) is 25.7. The summed E-state index contributed by atoms with van der Waals surface area (Å²) in [5, 5.41) is 6.87. The quantitative estimate of drug-likeness (QED) is 0.470. The van der Waals surface area contributed by atoms with E-state index in [1.54, 1.807) is 10.6 Å². The summed E-state index contributed by atoms with van der Waals surface area (Å²) in [5.74, 6) is -4.62. The highest BCUT2D eigenvalue weighted by Crippen LogP contribution is 2.43. The predicted molar refractivity (Wildman–Crippen MR) is 128 cm³/mol. The molecule has 0 unspecified atom stereocenters. The smallest absolute Gasteiger partial charge is 0.257 e. The van der Waals surface area contributed by atoms with Crippen molar-refractivity contribution >= 4 is 23.1 Å². The number of alkyl halides is 3. The van der Waals surface area contributed by atoms with Gasteiger partial charge in [0.1, 0.15) is 23.6 Å². The van der Waals surface area contributed by atoms with Crippen molar-refractivity contribution in [1.82, 2.24) is 29.8 Å². The number of hydrogen-bond donors (Lipinski definition) is 2. The summed E-state index contributed by atoms with van der Waals surface area (Å²) in [4.78, 5) is 35.2. The van der Waals surface area contributed by atoms with E-state index in [1.807, 2.05) is 0 Å². The highest BCUT2D eigenvalue weighted by molar-refractivity contribution is 5.98. The summed E-state index contributed by atoms with van der Waals surface area (Å²) in [6.45, 7) is -0.157. The monoisotopic (exact) mass is 533 g/mol. The van der Waals surface area contributed by atoms with Crippen LogP contribution in [-0.2, 0) is 16.1 Å². The van der Waals surface area contributed by atoms with Crippen LogP contribution >= 0.6 is 0 Å². The number of nitrogens with two attached hydrogens (primary N) is 1. The van der Waals surface area contributed by atoms with Crippen molar-refractivity contribution < 1.29 is 32.2 Å². The van der Waals surface area contributed by atoms with Gasteiger partial charge < -0.3 is 25.4 Å². The molecule has 2 atom stereocenters. The van der Waals surface area contributed by atoms with Crippen molar-refractivity contribution in [2.75, 3.05) is 33.0 Å². The summed E-state index contributed by atoms with van der Waals surface area (Å²) in [6.07, 6.45) is 0.156. The van der Waals surface area contributed by atoms with E-state index < -0.39 is 48.7 Å². The second-order valence-corrected chi connectivity index (χ2v) is 9.47. The molecule has 14 heteroatoms. The SMILES string of the molecule is COCc1cc(-c2cnc(OC)c(C(=O)N[C@@H]3CN(C(=O)C4CC(F)(F)C4)C[C@@H]3F)c2)n2ncnc(N)c12. The molecule has 3 aromatic heterocycles. The zero-order valence-electron chi connectivity index (χ0n) is 20.7. The van der Waals surface area contributed by atoms with E-state index in [1.165, 1.54) is 37.7 Å². The number of carbonyl (C=O) groups excluding carboxylic acids is 2. The van der Waals surface area contributed by atoms with Gasteiger partial charge in [-0.05, 0) is 12.1 Å². The van der Waals surface area contributed by atoms with Gasteiger partial charge in [0.2, 0.25) is 17.7 Å². The van der Waals surface area contributed by atoms with E-state index in [0.717, 1.165) is 5.56 Å². The largest absolute Gasteiger partial charge is 0.480 e. The maximum atomic E-state index is 14.8. The van der Waals surface area contributed by atoms with E-state index in [-0.39, 0.29) is 37.0 Å². The number of halogens is 3. The minimum atomic E-state index is -2.86. The molecule has 11 nitrogen and oxygen atoms in total. The first-order chi connectivity index (χ1) is 18.1. The van der Waals surface area contributed by atoms with Crippen LogP contribution in [0.2, 0.25) is 0 Å². The van der Waals surface area contributed by atoms with Gasteiger partial charge in [0.25, 0.3) is 5.91 Å². The van der Waals surface area contributed by atoms with Crippen molar-refractivity contribution in [2.24, 2.45) is 5.92 Å². The predicted octanol–water partition coefficient (Wildman–Crippen LogP) is 1.85. The molecule has 1 saturated heterocycles. The third-order valence-electron chi connectivity index (χ3n) is 6.86. The number of ether oxygens (including phenoxy) is 2. The molecule has 3 aromatic rings. The number of nitrogens with one attached hydrogen (secondary N) is 1. The van der Waals surface area contributed by atoms with Crippen LogP contribution in [0.1, 0.15) is 28.8 Å². The van der Waals surface area contributed by atoms with E-state index in [2.05, 4.69) is 20.4 Å². The topological polar surface area (TPSA) is 137 Å². The lowest BCUT2D eigenvalue weighted by atomic mass is 9.80. The average Bonchev–Trinajstić information content (AvgIpc) is 3.43. The Morgan fingerprint density at radius 3 is 2.66 bits per heavy atom. The van der Waals surface area contributed by atoms with Crippen molar-refractivity contribution in [1.29, 1.82) is 0 Å². The van der Waals surface area contributed by atoms with E-state index in [4.69, 9.17) is 15.2 Å². The fourth-order valence-corrected chi connectivity index (χ4v) is 4.95. The third kappa shape index (κ3) is 4.59. The number of amides is 2. The fourth-order valence-electron chi connectivity index (χ4n) is 4.95. The van der Waals surface area contributed by atoms with Crippen molar-refractivity contribution in [2.45, 2.75) is 37.6 Å². The van der Waals surface area contributed by atoms with Gasteiger partial charge in [0, 0.05) is 49.7 Å². The molecule has 1 aliphatic carbocycles. The zero-order valence-corrected chi connectivity index (χ0v) is 20.7. The van der Waals surface area contributed by atoms with Crippen molar-refractivity contribution in [3.8, 4) is 17.1 Å². The number of nitrogens with zero attached hydrogens (tertiary/aromatic N) is 5.